The first-order valence-corrected chi connectivity index (χ1v) is 6.33. The Kier molecular flexibility index (Phi) is 4.53. The molecule has 5 nitrogen and oxygen atoms in total. The van der Waals surface area contributed by atoms with Gasteiger partial charge in [0.15, 0.2) is 6.29 Å². The predicted molar refractivity (Wildman–Crippen MR) is 77.5 cm³/mol. The first kappa shape index (κ1) is 14.3. The van der Waals surface area contributed by atoms with Gasteiger partial charge in [-0.2, -0.15) is 0 Å². The third-order valence-electron chi connectivity index (χ3n) is 2.85. The molecular weight excluding hydrogens is 278 g/mol. The lowest BCUT2D eigenvalue weighted by Crippen LogP contribution is -2.19. The van der Waals surface area contributed by atoms with E-state index < -0.39 is 0 Å². The molecule has 0 aliphatic carbocycles. The Hall–Kier alpha value is -2.14. The average molecular weight is 292 g/mol. The topological polar surface area (TPSA) is 55.3 Å². The van der Waals surface area contributed by atoms with E-state index in [1.54, 1.807) is 7.11 Å². The lowest BCUT2D eigenvalue weighted by Gasteiger charge is -2.20. The molecular formula is C14H14ClN3O2. The summed E-state index contributed by atoms with van der Waals surface area (Å²) in [6.07, 6.45) is 2.01. The van der Waals surface area contributed by atoms with Crippen molar-refractivity contribution in [2.75, 3.05) is 19.1 Å². The van der Waals surface area contributed by atoms with Crippen LogP contribution in [-0.4, -0.2) is 30.4 Å². The number of methoxy groups -OCH3 is 1. The van der Waals surface area contributed by atoms with E-state index in [0.29, 0.717) is 24.2 Å². The second-order valence-corrected chi connectivity index (χ2v) is 4.59. The molecule has 20 heavy (non-hydrogen) atoms. The van der Waals surface area contributed by atoms with E-state index in [0.717, 1.165) is 11.3 Å². The van der Waals surface area contributed by atoms with Crippen molar-refractivity contribution in [2.45, 2.75) is 6.54 Å². The molecule has 1 heterocycles. The molecule has 1 aromatic heterocycles. The van der Waals surface area contributed by atoms with Gasteiger partial charge in [-0.3, -0.25) is 4.79 Å². The highest BCUT2D eigenvalue weighted by Gasteiger charge is 2.13. The molecule has 1 aromatic carbocycles. The van der Waals surface area contributed by atoms with Crippen LogP contribution in [0.5, 0.6) is 5.75 Å². The van der Waals surface area contributed by atoms with Gasteiger partial charge in [0.25, 0.3) is 0 Å². The normalized spacial score (nSPS) is 10.2. The summed E-state index contributed by atoms with van der Waals surface area (Å²) in [5.41, 5.74) is 1.33. The number of nitrogens with zero attached hydrogens (tertiary/aromatic N) is 3. The van der Waals surface area contributed by atoms with Gasteiger partial charge < -0.3 is 9.64 Å². The summed E-state index contributed by atoms with van der Waals surface area (Å²) in [4.78, 5) is 20.9. The molecule has 0 fully saturated rings. The average Bonchev–Trinajstić information content (AvgIpc) is 2.47. The van der Waals surface area contributed by atoms with Gasteiger partial charge in [0.2, 0.25) is 0 Å². The lowest BCUT2D eigenvalue weighted by molar-refractivity contribution is 0.112. The summed E-state index contributed by atoms with van der Waals surface area (Å²) < 4.78 is 5.18. The standard InChI is InChI=1S/C14H14ClN3O2/c1-18(7-10-4-3-5-11(6-10)20-2)14-12(8-19)13(15)16-9-17-14/h3-6,8-9H,7H2,1-2H3. The quantitative estimate of drug-likeness (QED) is 0.626. The van der Waals surface area contributed by atoms with Gasteiger partial charge in [-0.15, -0.1) is 0 Å². The molecule has 0 radical (unpaired) electrons. The van der Waals surface area contributed by atoms with Crippen LogP contribution in [0.15, 0.2) is 30.6 Å². The highest BCUT2D eigenvalue weighted by molar-refractivity contribution is 6.32. The van der Waals surface area contributed by atoms with Gasteiger partial charge in [0.05, 0.1) is 12.7 Å². The first-order chi connectivity index (χ1) is 9.65. The summed E-state index contributed by atoms with van der Waals surface area (Å²) in [5, 5.41) is 0.155. The molecule has 104 valence electrons. The molecule has 0 bridgehead atoms. The predicted octanol–water partition coefficient (Wildman–Crippen LogP) is 2.59. The van der Waals surface area contributed by atoms with E-state index in [1.807, 2.05) is 36.2 Å². The maximum atomic E-state index is 11.1. The van der Waals surface area contributed by atoms with Gasteiger partial charge in [0.1, 0.15) is 23.0 Å². The summed E-state index contributed by atoms with van der Waals surface area (Å²) in [6, 6.07) is 7.69. The SMILES string of the molecule is COc1cccc(CN(C)c2ncnc(Cl)c2C=O)c1. The Morgan fingerprint density at radius 1 is 1.40 bits per heavy atom. The van der Waals surface area contributed by atoms with Gasteiger partial charge in [-0.05, 0) is 17.7 Å². The van der Waals surface area contributed by atoms with Crippen LogP contribution in [0.3, 0.4) is 0 Å². The third-order valence-corrected chi connectivity index (χ3v) is 3.15. The van der Waals surface area contributed by atoms with Gasteiger partial charge >= 0.3 is 0 Å². The molecule has 0 amide bonds. The van der Waals surface area contributed by atoms with Gasteiger partial charge in [0, 0.05) is 13.6 Å². The van der Waals surface area contributed by atoms with Crippen molar-refractivity contribution in [1.82, 2.24) is 9.97 Å². The van der Waals surface area contributed by atoms with Crippen LogP contribution in [0.2, 0.25) is 5.15 Å². The second-order valence-electron chi connectivity index (χ2n) is 4.23. The van der Waals surface area contributed by atoms with Crippen molar-refractivity contribution in [1.29, 1.82) is 0 Å². The van der Waals surface area contributed by atoms with Crippen LogP contribution in [-0.2, 0) is 6.54 Å². The van der Waals surface area contributed by atoms with Crippen molar-refractivity contribution in [3.8, 4) is 5.75 Å². The Morgan fingerprint density at radius 3 is 2.90 bits per heavy atom. The smallest absolute Gasteiger partial charge is 0.156 e. The van der Waals surface area contributed by atoms with Crippen molar-refractivity contribution >= 4 is 23.7 Å². The number of hydrogen-bond donors (Lipinski definition) is 0. The monoisotopic (exact) mass is 291 g/mol. The fourth-order valence-corrected chi connectivity index (χ4v) is 2.06. The zero-order valence-electron chi connectivity index (χ0n) is 11.2. The van der Waals surface area contributed by atoms with Crippen LogP contribution in [0.1, 0.15) is 15.9 Å². The van der Waals surface area contributed by atoms with Crippen LogP contribution in [0.4, 0.5) is 5.82 Å². The largest absolute Gasteiger partial charge is 0.497 e. The summed E-state index contributed by atoms with van der Waals surface area (Å²) in [7, 11) is 3.46. The zero-order chi connectivity index (χ0) is 14.5. The van der Waals surface area contributed by atoms with Crippen LogP contribution in [0.25, 0.3) is 0 Å². The minimum absolute atomic E-state index is 0.155. The number of rotatable bonds is 5. The molecule has 0 aliphatic heterocycles. The van der Waals surface area contributed by atoms with Crippen molar-refractivity contribution in [3.05, 3.63) is 46.9 Å². The van der Waals surface area contributed by atoms with Crippen molar-refractivity contribution in [2.24, 2.45) is 0 Å². The lowest BCUT2D eigenvalue weighted by atomic mass is 10.2. The molecule has 2 aromatic rings. The first-order valence-electron chi connectivity index (χ1n) is 5.95. The molecule has 0 saturated heterocycles. The zero-order valence-corrected chi connectivity index (χ0v) is 12.0. The summed E-state index contributed by atoms with van der Waals surface area (Å²) in [6.45, 7) is 0.575. The maximum absolute atomic E-state index is 11.1. The summed E-state index contributed by atoms with van der Waals surface area (Å²) in [5.74, 6) is 1.29. The van der Waals surface area contributed by atoms with Gasteiger partial charge in [-0.25, -0.2) is 9.97 Å². The van der Waals surface area contributed by atoms with Crippen molar-refractivity contribution < 1.29 is 9.53 Å². The second kappa shape index (κ2) is 6.34. The molecule has 0 aliphatic rings. The molecule has 0 spiro atoms. The Labute approximate surface area is 122 Å². The summed E-state index contributed by atoms with van der Waals surface area (Å²) >= 11 is 5.90. The molecule has 6 heteroatoms. The number of aromatic nitrogens is 2. The van der Waals surface area contributed by atoms with E-state index in [4.69, 9.17) is 16.3 Å². The number of carbonyl (C=O) groups is 1. The number of hydrogen-bond acceptors (Lipinski definition) is 5. The minimum Gasteiger partial charge on any atom is -0.497 e. The third kappa shape index (κ3) is 3.05. The number of benzene rings is 1. The molecule has 0 saturated carbocycles. The molecule has 0 atom stereocenters. The van der Waals surface area contributed by atoms with E-state index in [9.17, 15) is 4.79 Å². The number of ether oxygens (including phenoxy) is 1. The van der Waals surface area contributed by atoms with Crippen LogP contribution < -0.4 is 9.64 Å². The van der Waals surface area contributed by atoms with E-state index in [-0.39, 0.29) is 5.15 Å². The fourth-order valence-electron chi connectivity index (χ4n) is 1.89. The van der Waals surface area contributed by atoms with E-state index >= 15 is 0 Å². The Balaban J connectivity index is 2.25. The molecule has 0 N–H and O–H groups in total. The highest BCUT2D eigenvalue weighted by Crippen LogP contribution is 2.22. The maximum Gasteiger partial charge on any atom is 0.156 e. The van der Waals surface area contributed by atoms with E-state index in [2.05, 4.69) is 9.97 Å². The number of aldehydes is 1. The number of anilines is 1. The molecule has 0 unspecified atom stereocenters. The molecule has 2 rings (SSSR count). The van der Waals surface area contributed by atoms with Crippen LogP contribution >= 0.6 is 11.6 Å². The van der Waals surface area contributed by atoms with Gasteiger partial charge in [-0.1, -0.05) is 23.7 Å². The van der Waals surface area contributed by atoms with Crippen LogP contribution in [0, 0.1) is 0 Å². The Bertz CT molecular complexity index is 619. The number of carbonyl (C=O) groups excluding carboxylic acids is 1. The fraction of sp³-hybridized carbons (Fsp3) is 0.214. The van der Waals surface area contributed by atoms with E-state index in [1.165, 1.54) is 6.33 Å². The highest BCUT2D eigenvalue weighted by atomic mass is 35.5. The Morgan fingerprint density at radius 2 is 2.20 bits per heavy atom. The minimum atomic E-state index is 0.155. The van der Waals surface area contributed by atoms with Crippen molar-refractivity contribution in [3.63, 3.8) is 0 Å². The number of halogens is 1.